The highest BCUT2D eigenvalue weighted by atomic mass is 19.4. The van der Waals surface area contributed by atoms with E-state index in [0.717, 1.165) is 11.1 Å². The molecule has 0 aliphatic heterocycles. The molecule has 0 atom stereocenters. The topological polar surface area (TPSA) is 126 Å². The molecular weight excluding hydrogens is 527 g/mol. The lowest BCUT2D eigenvalue weighted by Crippen LogP contribution is -2.17. The molecule has 0 fully saturated rings. The number of hydrogen-bond acceptors (Lipinski definition) is 9. The summed E-state index contributed by atoms with van der Waals surface area (Å²) in [4.78, 5) is 8.58. The van der Waals surface area contributed by atoms with Gasteiger partial charge in [0.05, 0.1) is 24.2 Å². The van der Waals surface area contributed by atoms with Crippen LogP contribution in [0.1, 0.15) is 16.7 Å². The summed E-state index contributed by atoms with van der Waals surface area (Å²) in [5.74, 6) is 0.105. The predicted octanol–water partition coefficient (Wildman–Crippen LogP) is 3.61. The van der Waals surface area contributed by atoms with Gasteiger partial charge in [-0.1, -0.05) is 24.3 Å². The number of ether oxygens (including phenoxy) is 1. The first-order valence-electron chi connectivity index (χ1n) is 12.0. The van der Waals surface area contributed by atoms with Gasteiger partial charge < -0.3 is 10.1 Å². The second kappa shape index (κ2) is 10.4. The molecule has 6 aromatic rings. The summed E-state index contributed by atoms with van der Waals surface area (Å²) in [5, 5.41) is 23.7. The fourth-order valence-electron chi connectivity index (χ4n) is 4.20. The number of fused-ring (bicyclic) bond motifs is 1. The summed E-state index contributed by atoms with van der Waals surface area (Å²) < 4.78 is 47.5. The van der Waals surface area contributed by atoms with E-state index < -0.39 is 6.36 Å². The van der Waals surface area contributed by atoms with E-state index >= 15 is 0 Å². The van der Waals surface area contributed by atoms with E-state index in [-0.39, 0.29) is 12.3 Å². The molecule has 1 N–H and O–H groups in total. The Bertz CT molecular complexity index is 1710. The molecule has 0 saturated carbocycles. The molecule has 40 heavy (non-hydrogen) atoms. The van der Waals surface area contributed by atoms with E-state index in [1.54, 1.807) is 10.9 Å². The number of aromatic nitrogens is 10. The van der Waals surface area contributed by atoms with Crippen LogP contribution in [0.4, 0.5) is 19.0 Å². The summed E-state index contributed by atoms with van der Waals surface area (Å²) in [7, 11) is 0. The second-order valence-corrected chi connectivity index (χ2v) is 8.75. The number of rotatable bonds is 9. The van der Waals surface area contributed by atoms with Crippen molar-refractivity contribution in [3.8, 4) is 11.4 Å². The van der Waals surface area contributed by atoms with Crippen LogP contribution in [0.15, 0.2) is 79.8 Å². The Balaban J connectivity index is 1.20. The van der Waals surface area contributed by atoms with Crippen molar-refractivity contribution in [2.24, 2.45) is 0 Å². The van der Waals surface area contributed by atoms with Crippen LogP contribution < -0.4 is 10.1 Å². The maximum atomic E-state index is 12.8. The van der Waals surface area contributed by atoms with Crippen molar-refractivity contribution >= 4 is 16.9 Å². The highest BCUT2D eigenvalue weighted by Gasteiger charge is 2.31. The van der Waals surface area contributed by atoms with Crippen LogP contribution in [-0.4, -0.2) is 56.1 Å². The van der Waals surface area contributed by atoms with E-state index in [4.69, 9.17) is 0 Å². The van der Waals surface area contributed by atoms with Gasteiger partial charge in [0.25, 0.3) is 0 Å². The minimum atomic E-state index is -4.82. The molecule has 202 valence electrons. The van der Waals surface area contributed by atoms with E-state index in [2.05, 4.69) is 45.7 Å². The quantitative estimate of drug-likeness (QED) is 0.289. The number of alkyl halides is 3. The molecular formula is C25H20F3N11O. The highest BCUT2D eigenvalue weighted by Crippen LogP contribution is 2.27. The number of hydrogen-bond donors (Lipinski definition) is 1. The van der Waals surface area contributed by atoms with Crippen molar-refractivity contribution in [1.82, 2.24) is 49.7 Å². The molecule has 15 heteroatoms. The second-order valence-electron chi connectivity index (χ2n) is 8.75. The SMILES string of the molecule is FC(F)(F)Oc1ccc(-n2cnnn2)c(CNc2ncnc3nn(Cc4ccc(Cn5cccn5)cc4)cc23)c1. The van der Waals surface area contributed by atoms with Crippen LogP contribution in [0, 0.1) is 0 Å². The Labute approximate surface area is 224 Å². The van der Waals surface area contributed by atoms with Crippen molar-refractivity contribution in [2.75, 3.05) is 5.32 Å². The van der Waals surface area contributed by atoms with E-state index in [1.165, 1.54) is 35.5 Å². The largest absolute Gasteiger partial charge is 0.573 e. The van der Waals surface area contributed by atoms with Crippen LogP contribution in [0.25, 0.3) is 16.7 Å². The standard InChI is InChI=1S/C25H20F3N11O/c26-25(27,28)40-20-6-7-22(39-16-32-35-36-39)19(10-20)11-29-23-21-14-38(34-24(21)31-15-30-23)13-18-4-2-17(3-5-18)12-37-9-1-8-33-37/h1-10,14-16H,11-13H2,(H,29,30,31,34). The van der Waals surface area contributed by atoms with Crippen molar-refractivity contribution in [3.63, 3.8) is 0 Å². The lowest BCUT2D eigenvalue weighted by Gasteiger charge is -2.14. The third-order valence-electron chi connectivity index (χ3n) is 5.96. The average molecular weight is 548 g/mol. The first-order chi connectivity index (χ1) is 19.4. The molecule has 0 unspecified atom stereocenters. The zero-order valence-corrected chi connectivity index (χ0v) is 20.6. The molecule has 2 aromatic carbocycles. The molecule has 0 spiro atoms. The third kappa shape index (κ3) is 5.72. The minimum absolute atomic E-state index is 0.0965. The number of nitrogens with one attached hydrogen (secondary N) is 1. The zero-order valence-electron chi connectivity index (χ0n) is 20.6. The van der Waals surface area contributed by atoms with Gasteiger partial charge in [-0.2, -0.15) is 10.2 Å². The molecule has 0 bridgehead atoms. The van der Waals surface area contributed by atoms with E-state index in [1.807, 2.05) is 47.4 Å². The molecule has 0 aliphatic rings. The predicted molar refractivity (Wildman–Crippen MR) is 135 cm³/mol. The van der Waals surface area contributed by atoms with Gasteiger partial charge in [-0.25, -0.2) is 14.6 Å². The fraction of sp³-hybridized carbons (Fsp3) is 0.160. The normalized spacial score (nSPS) is 11.7. The van der Waals surface area contributed by atoms with Gasteiger partial charge in [0.15, 0.2) is 5.65 Å². The smallest absolute Gasteiger partial charge is 0.406 e. The minimum Gasteiger partial charge on any atom is -0.406 e. The van der Waals surface area contributed by atoms with Crippen LogP contribution >= 0.6 is 0 Å². The Hall–Kier alpha value is -5.34. The van der Waals surface area contributed by atoms with Crippen LogP contribution in [0.5, 0.6) is 5.75 Å². The lowest BCUT2D eigenvalue weighted by atomic mass is 10.1. The van der Waals surface area contributed by atoms with Crippen molar-refractivity contribution in [3.05, 3.63) is 96.5 Å². The monoisotopic (exact) mass is 547 g/mol. The van der Waals surface area contributed by atoms with Crippen molar-refractivity contribution in [1.29, 1.82) is 0 Å². The van der Waals surface area contributed by atoms with Crippen molar-refractivity contribution in [2.45, 2.75) is 26.0 Å². The van der Waals surface area contributed by atoms with Crippen molar-refractivity contribution < 1.29 is 17.9 Å². The Morgan fingerprint density at radius 3 is 2.45 bits per heavy atom. The Morgan fingerprint density at radius 1 is 0.950 bits per heavy atom. The molecule has 0 radical (unpaired) electrons. The van der Waals surface area contributed by atoms with Gasteiger partial charge in [0.1, 0.15) is 24.2 Å². The number of benzene rings is 2. The summed E-state index contributed by atoms with van der Waals surface area (Å²) in [6.45, 7) is 1.29. The Morgan fingerprint density at radius 2 is 1.75 bits per heavy atom. The van der Waals surface area contributed by atoms with E-state index in [9.17, 15) is 13.2 Å². The van der Waals surface area contributed by atoms with Gasteiger partial charge in [-0.15, -0.1) is 18.3 Å². The first-order valence-corrected chi connectivity index (χ1v) is 12.0. The highest BCUT2D eigenvalue weighted by molar-refractivity contribution is 5.85. The number of halogens is 3. The average Bonchev–Trinajstić information content (AvgIpc) is 3.70. The molecule has 6 rings (SSSR count). The summed E-state index contributed by atoms with van der Waals surface area (Å²) in [6, 6.07) is 14.0. The maximum absolute atomic E-state index is 12.8. The van der Waals surface area contributed by atoms with Crippen LogP contribution in [-0.2, 0) is 19.6 Å². The molecule has 0 aliphatic carbocycles. The molecule has 0 saturated heterocycles. The number of tetrazole rings is 1. The number of anilines is 1. The van der Waals surface area contributed by atoms with Gasteiger partial charge in [0.2, 0.25) is 0 Å². The van der Waals surface area contributed by atoms with Crippen LogP contribution in [0.2, 0.25) is 0 Å². The summed E-state index contributed by atoms with van der Waals surface area (Å²) in [6.07, 6.45) is 3.37. The summed E-state index contributed by atoms with van der Waals surface area (Å²) in [5.41, 5.74) is 3.57. The van der Waals surface area contributed by atoms with Gasteiger partial charge in [0, 0.05) is 30.7 Å². The van der Waals surface area contributed by atoms with Gasteiger partial charge in [-0.3, -0.25) is 9.36 Å². The molecule has 4 heterocycles. The van der Waals surface area contributed by atoms with Crippen LogP contribution in [0.3, 0.4) is 0 Å². The molecule has 12 nitrogen and oxygen atoms in total. The zero-order chi connectivity index (χ0) is 27.5. The fourth-order valence-corrected chi connectivity index (χ4v) is 4.20. The first kappa shape index (κ1) is 25.0. The van der Waals surface area contributed by atoms with Gasteiger partial charge in [-0.05, 0) is 45.8 Å². The third-order valence-corrected chi connectivity index (χ3v) is 5.96. The Kier molecular flexibility index (Phi) is 6.51. The van der Waals surface area contributed by atoms with Gasteiger partial charge >= 0.3 is 6.36 Å². The summed E-state index contributed by atoms with van der Waals surface area (Å²) >= 11 is 0. The molecule has 4 aromatic heterocycles. The lowest BCUT2D eigenvalue weighted by molar-refractivity contribution is -0.274. The maximum Gasteiger partial charge on any atom is 0.573 e. The molecule has 0 amide bonds. The van der Waals surface area contributed by atoms with E-state index in [0.29, 0.717) is 41.2 Å². The number of nitrogens with zero attached hydrogens (tertiary/aromatic N) is 10.